The van der Waals surface area contributed by atoms with Gasteiger partial charge in [-0.05, 0) is 55.8 Å². The normalized spacial score (nSPS) is 14.2. The molecule has 2 aromatic rings. The van der Waals surface area contributed by atoms with Crippen molar-refractivity contribution in [2.24, 2.45) is 0 Å². The van der Waals surface area contributed by atoms with Crippen molar-refractivity contribution >= 4 is 11.3 Å². The van der Waals surface area contributed by atoms with Crippen molar-refractivity contribution in [1.29, 1.82) is 0 Å². The quantitative estimate of drug-likeness (QED) is 0.880. The first kappa shape index (κ1) is 15.2. The topological polar surface area (TPSA) is 32.3 Å². The average molecular weight is 289 g/mol. The number of aryl methyl sites for hydroxylation is 3. The fraction of sp³-hybridized carbons (Fsp3) is 0.412. The minimum absolute atomic E-state index is 0.0864. The first-order valence-electron chi connectivity index (χ1n) is 6.93. The molecule has 0 bridgehead atoms. The maximum absolute atomic E-state index is 9.93. The molecule has 2 nitrogen and oxygen atoms in total. The van der Waals surface area contributed by atoms with Crippen molar-refractivity contribution in [3.63, 3.8) is 0 Å². The van der Waals surface area contributed by atoms with Crippen molar-refractivity contribution in [2.75, 3.05) is 6.61 Å². The highest BCUT2D eigenvalue weighted by atomic mass is 32.1. The predicted octanol–water partition coefficient (Wildman–Crippen LogP) is 3.67. The number of thiophene rings is 1. The molecule has 3 heteroatoms. The smallest absolute Gasteiger partial charge is 0.0652 e. The van der Waals surface area contributed by atoms with Crippen LogP contribution in [0.25, 0.3) is 0 Å². The summed E-state index contributed by atoms with van der Waals surface area (Å²) >= 11 is 1.74. The van der Waals surface area contributed by atoms with Gasteiger partial charge in [0.25, 0.3) is 0 Å². The Morgan fingerprint density at radius 3 is 2.35 bits per heavy atom. The van der Waals surface area contributed by atoms with Crippen LogP contribution in [0.15, 0.2) is 29.6 Å². The van der Waals surface area contributed by atoms with Crippen LogP contribution in [0.3, 0.4) is 0 Å². The second-order valence-corrected chi connectivity index (χ2v) is 6.73. The molecule has 1 atom stereocenters. The van der Waals surface area contributed by atoms with E-state index in [-0.39, 0.29) is 6.61 Å². The van der Waals surface area contributed by atoms with Gasteiger partial charge in [0.15, 0.2) is 0 Å². The van der Waals surface area contributed by atoms with Crippen LogP contribution >= 0.6 is 11.3 Å². The maximum Gasteiger partial charge on any atom is 0.0652 e. The van der Waals surface area contributed by atoms with Crippen LogP contribution in [0.1, 0.15) is 34.1 Å². The van der Waals surface area contributed by atoms with Crippen LogP contribution in [-0.2, 0) is 12.1 Å². The van der Waals surface area contributed by atoms with E-state index in [1.54, 1.807) is 11.3 Å². The van der Waals surface area contributed by atoms with Crippen LogP contribution in [-0.4, -0.2) is 11.7 Å². The molecule has 1 heterocycles. The van der Waals surface area contributed by atoms with E-state index in [0.29, 0.717) is 0 Å². The average Bonchev–Trinajstić information content (AvgIpc) is 2.88. The minimum Gasteiger partial charge on any atom is -0.394 e. The Labute approximate surface area is 125 Å². The molecule has 0 saturated carbocycles. The third-order valence-corrected chi connectivity index (χ3v) is 4.65. The van der Waals surface area contributed by atoms with Gasteiger partial charge in [-0.1, -0.05) is 23.8 Å². The standard InChI is InChI=1S/C17H23NOS/c1-12-8-13(2)16(14(3)9-12)17(4,11-19)18-10-15-6-5-7-20-15/h5-9,18-19H,10-11H2,1-4H3. The van der Waals surface area contributed by atoms with Crippen molar-refractivity contribution in [2.45, 2.75) is 39.8 Å². The lowest BCUT2D eigenvalue weighted by atomic mass is 9.84. The molecule has 108 valence electrons. The Hall–Kier alpha value is -1.16. The van der Waals surface area contributed by atoms with Crippen LogP contribution in [0.5, 0.6) is 0 Å². The second-order valence-electron chi connectivity index (χ2n) is 5.70. The Balaban J connectivity index is 2.30. The SMILES string of the molecule is Cc1cc(C)c(C(C)(CO)NCc2cccs2)c(C)c1. The number of benzene rings is 1. The molecule has 20 heavy (non-hydrogen) atoms. The van der Waals surface area contributed by atoms with Gasteiger partial charge in [-0.25, -0.2) is 0 Å². The van der Waals surface area contributed by atoms with Crippen molar-refractivity contribution in [3.05, 3.63) is 56.8 Å². The van der Waals surface area contributed by atoms with Crippen molar-refractivity contribution in [3.8, 4) is 0 Å². The third kappa shape index (κ3) is 3.11. The van der Waals surface area contributed by atoms with E-state index in [1.807, 2.05) is 0 Å². The molecule has 2 N–H and O–H groups in total. The van der Waals surface area contributed by atoms with Gasteiger partial charge in [0.2, 0.25) is 0 Å². The van der Waals surface area contributed by atoms with Gasteiger partial charge >= 0.3 is 0 Å². The molecule has 0 aliphatic rings. The van der Waals surface area contributed by atoms with Crippen molar-refractivity contribution in [1.82, 2.24) is 5.32 Å². The summed E-state index contributed by atoms with van der Waals surface area (Å²) in [6.07, 6.45) is 0. The highest BCUT2D eigenvalue weighted by Gasteiger charge is 2.28. The molecule has 1 unspecified atom stereocenters. The first-order chi connectivity index (χ1) is 9.46. The van der Waals surface area contributed by atoms with E-state index in [2.05, 4.69) is 62.7 Å². The molecule has 1 aromatic heterocycles. The van der Waals surface area contributed by atoms with Gasteiger partial charge < -0.3 is 10.4 Å². The fourth-order valence-electron chi connectivity index (χ4n) is 2.97. The van der Waals surface area contributed by atoms with Gasteiger partial charge in [-0.3, -0.25) is 0 Å². The summed E-state index contributed by atoms with van der Waals surface area (Å²) in [5.41, 5.74) is 4.53. The van der Waals surface area contributed by atoms with Crippen LogP contribution in [0.4, 0.5) is 0 Å². The molecule has 0 aliphatic carbocycles. The number of nitrogens with one attached hydrogen (secondary N) is 1. The van der Waals surface area contributed by atoms with Crippen LogP contribution < -0.4 is 5.32 Å². The Bertz CT molecular complexity index is 554. The van der Waals surface area contributed by atoms with E-state index in [1.165, 1.54) is 27.1 Å². The Morgan fingerprint density at radius 2 is 1.85 bits per heavy atom. The van der Waals surface area contributed by atoms with Crippen LogP contribution in [0, 0.1) is 20.8 Å². The lowest BCUT2D eigenvalue weighted by Crippen LogP contribution is -2.43. The highest BCUT2D eigenvalue weighted by molar-refractivity contribution is 7.09. The predicted molar refractivity (Wildman–Crippen MR) is 86.2 cm³/mol. The van der Waals surface area contributed by atoms with E-state index in [4.69, 9.17) is 0 Å². The zero-order valence-electron chi connectivity index (χ0n) is 12.7. The van der Waals surface area contributed by atoms with Gasteiger partial charge in [0.05, 0.1) is 12.1 Å². The summed E-state index contributed by atoms with van der Waals surface area (Å²) in [6, 6.07) is 8.54. The van der Waals surface area contributed by atoms with E-state index >= 15 is 0 Å². The van der Waals surface area contributed by atoms with E-state index < -0.39 is 5.54 Å². The maximum atomic E-state index is 9.93. The second kappa shape index (κ2) is 6.08. The Kier molecular flexibility index (Phi) is 4.63. The van der Waals surface area contributed by atoms with Gasteiger partial charge in [0.1, 0.15) is 0 Å². The molecular formula is C17H23NOS. The summed E-state index contributed by atoms with van der Waals surface area (Å²) in [5, 5.41) is 15.5. The summed E-state index contributed by atoms with van der Waals surface area (Å²) < 4.78 is 0. The fourth-order valence-corrected chi connectivity index (χ4v) is 3.61. The highest BCUT2D eigenvalue weighted by Crippen LogP contribution is 2.29. The zero-order valence-corrected chi connectivity index (χ0v) is 13.5. The monoisotopic (exact) mass is 289 g/mol. The molecule has 0 amide bonds. The van der Waals surface area contributed by atoms with Crippen LogP contribution in [0.2, 0.25) is 0 Å². The number of hydrogen-bond acceptors (Lipinski definition) is 3. The van der Waals surface area contributed by atoms with Gasteiger partial charge in [0, 0.05) is 11.4 Å². The summed E-state index contributed by atoms with van der Waals surface area (Å²) in [5.74, 6) is 0. The molecule has 0 saturated heterocycles. The summed E-state index contributed by atoms with van der Waals surface area (Å²) in [6.45, 7) is 9.29. The van der Waals surface area contributed by atoms with Gasteiger partial charge in [-0.2, -0.15) is 0 Å². The number of aliphatic hydroxyl groups is 1. The first-order valence-corrected chi connectivity index (χ1v) is 7.81. The van der Waals surface area contributed by atoms with Gasteiger partial charge in [-0.15, -0.1) is 11.3 Å². The zero-order chi connectivity index (χ0) is 14.8. The van der Waals surface area contributed by atoms with E-state index in [0.717, 1.165) is 6.54 Å². The molecule has 0 aliphatic heterocycles. The summed E-state index contributed by atoms with van der Waals surface area (Å²) in [4.78, 5) is 1.28. The number of aliphatic hydroxyl groups excluding tert-OH is 1. The number of rotatable bonds is 5. The lowest BCUT2D eigenvalue weighted by Gasteiger charge is -2.32. The molecule has 2 rings (SSSR count). The minimum atomic E-state index is -0.411. The molecule has 1 aromatic carbocycles. The summed E-state index contributed by atoms with van der Waals surface area (Å²) in [7, 11) is 0. The number of hydrogen-bond donors (Lipinski definition) is 2. The molecular weight excluding hydrogens is 266 g/mol. The molecule has 0 fully saturated rings. The molecule has 0 spiro atoms. The molecule has 0 radical (unpaired) electrons. The largest absolute Gasteiger partial charge is 0.394 e. The van der Waals surface area contributed by atoms with E-state index in [9.17, 15) is 5.11 Å². The third-order valence-electron chi connectivity index (χ3n) is 3.78. The Morgan fingerprint density at radius 1 is 1.20 bits per heavy atom. The lowest BCUT2D eigenvalue weighted by molar-refractivity contribution is 0.172. The van der Waals surface area contributed by atoms with Crippen molar-refractivity contribution < 1.29 is 5.11 Å².